The van der Waals surface area contributed by atoms with E-state index in [1.54, 1.807) is 55.5 Å². The number of esters is 1. The molecule has 3 N–H and O–H groups in total. The molecule has 0 spiro atoms. The molecule has 3 rings (SSSR count). The topological polar surface area (TPSA) is 99.8 Å². The molecule has 0 aromatic heterocycles. The summed E-state index contributed by atoms with van der Waals surface area (Å²) in [7, 11) is 0. The number of amides is 3. The van der Waals surface area contributed by atoms with Crippen molar-refractivity contribution in [2.75, 3.05) is 38.1 Å². The molecule has 38 heavy (non-hydrogen) atoms. The van der Waals surface area contributed by atoms with Crippen molar-refractivity contribution in [1.82, 2.24) is 15.5 Å². The average Bonchev–Trinajstić information content (AvgIpc) is 3.34. The van der Waals surface area contributed by atoms with E-state index >= 15 is 0 Å². The standard InChI is InChI=1S/C28H34Cl2N4O4/c1-2-38-27(36)21-8-10-22(11-9-21)32-28(37)33-23-14-17-34(19-23)16-5-3-4-15-31-26(35)13-7-20-6-12-24(29)25(30)18-20/h6-13,18,23H,2-5,14-17,19H2,1H3,(H,31,35)(H2,32,33,37)/b13-7+. The van der Waals surface area contributed by atoms with Gasteiger partial charge in [0.2, 0.25) is 5.91 Å². The van der Waals surface area contributed by atoms with Gasteiger partial charge >= 0.3 is 12.0 Å². The molecule has 1 unspecified atom stereocenters. The number of ether oxygens (including phenoxy) is 1. The van der Waals surface area contributed by atoms with Crippen LogP contribution in [0.15, 0.2) is 48.5 Å². The van der Waals surface area contributed by atoms with Gasteiger partial charge in [-0.25, -0.2) is 9.59 Å². The molecule has 0 radical (unpaired) electrons. The zero-order valence-corrected chi connectivity index (χ0v) is 23.0. The van der Waals surface area contributed by atoms with Gasteiger partial charge in [-0.3, -0.25) is 4.79 Å². The number of urea groups is 1. The molecule has 8 nitrogen and oxygen atoms in total. The third kappa shape index (κ3) is 10.0. The molecular weight excluding hydrogens is 527 g/mol. The summed E-state index contributed by atoms with van der Waals surface area (Å²) in [5.41, 5.74) is 1.88. The second kappa shape index (κ2) is 15.4. The summed E-state index contributed by atoms with van der Waals surface area (Å²) in [6.07, 6.45) is 7.03. The molecule has 10 heteroatoms. The van der Waals surface area contributed by atoms with Crippen LogP contribution in [0.2, 0.25) is 10.0 Å². The summed E-state index contributed by atoms with van der Waals surface area (Å²) >= 11 is 11.9. The molecule has 2 aromatic rings. The lowest BCUT2D eigenvalue weighted by Gasteiger charge is -2.17. The van der Waals surface area contributed by atoms with Crippen molar-refractivity contribution in [2.45, 2.75) is 38.6 Å². The first-order chi connectivity index (χ1) is 18.3. The number of nitrogens with zero attached hydrogens (tertiary/aromatic N) is 1. The predicted octanol–water partition coefficient (Wildman–Crippen LogP) is 5.37. The van der Waals surface area contributed by atoms with E-state index in [2.05, 4.69) is 20.9 Å². The molecule has 204 valence electrons. The number of hydrogen-bond acceptors (Lipinski definition) is 5. The largest absolute Gasteiger partial charge is 0.462 e. The first-order valence-electron chi connectivity index (χ1n) is 12.8. The number of rotatable bonds is 12. The lowest BCUT2D eigenvalue weighted by Crippen LogP contribution is -2.39. The van der Waals surface area contributed by atoms with Gasteiger partial charge in [0.1, 0.15) is 0 Å². The summed E-state index contributed by atoms with van der Waals surface area (Å²) in [5, 5.41) is 9.66. The number of anilines is 1. The van der Waals surface area contributed by atoms with E-state index in [-0.39, 0.29) is 23.9 Å². The third-order valence-electron chi connectivity index (χ3n) is 6.08. The van der Waals surface area contributed by atoms with Gasteiger partial charge in [0.25, 0.3) is 0 Å². The Labute approximate surface area is 233 Å². The van der Waals surface area contributed by atoms with E-state index < -0.39 is 0 Å². The Balaban J connectivity index is 1.25. The lowest BCUT2D eigenvalue weighted by molar-refractivity contribution is -0.116. The van der Waals surface area contributed by atoms with Gasteiger partial charge in [-0.1, -0.05) is 35.7 Å². The van der Waals surface area contributed by atoms with Crippen LogP contribution in [-0.2, 0) is 9.53 Å². The van der Waals surface area contributed by atoms with Crippen LogP contribution in [0.1, 0.15) is 48.5 Å². The number of carbonyl (C=O) groups excluding carboxylic acids is 3. The summed E-state index contributed by atoms with van der Waals surface area (Å²) in [6.45, 7) is 5.40. The Kier molecular flexibility index (Phi) is 11.9. The molecule has 1 heterocycles. The van der Waals surface area contributed by atoms with Crippen molar-refractivity contribution >= 4 is 52.9 Å². The summed E-state index contributed by atoms with van der Waals surface area (Å²) in [5.74, 6) is -0.523. The second-order valence-corrected chi connectivity index (χ2v) is 9.86. The highest BCUT2D eigenvalue weighted by Crippen LogP contribution is 2.23. The molecule has 2 aromatic carbocycles. The van der Waals surface area contributed by atoms with Crippen molar-refractivity contribution in [3.05, 3.63) is 69.7 Å². The van der Waals surface area contributed by atoms with Crippen LogP contribution in [0, 0.1) is 0 Å². The lowest BCUT2D eigenvalue weighted by atomic mass is 10.2. The van der Waals surface area contributed by atoms with Crippen LogP contribution in [-0.4, -0.2) is 61.6 Å². The number of unbranched alkanes of at least 4 members (excludes halogenated alkanes) is 2. The van der Waals surface area contributed by atoms with Gasteiger partial charge in [-0.15, -0.1) is 0 Å². The Bertz CT molecular complexity index is 1120. The molecule has 1 fully saturated rings. The highest BCUT2D eigenvalue weighted by Gasteiger charge is 2.23. The van der Waals surface area contributed by atoms with Crippen LogP contribution in [0.3, 0.4) is 0 Å². The van der Waals surface area contributed by atoms with Crippen molar-refractivity contribution in [1.29, 1.82) is 0 Å². The minimum absolute atomic E-state index is 0.0930. The Morgan fingerprint density at radius 1 is 1.05 bits per heavy atom. The quantitative estimate of drug-likeness (QED) is 0.184. The Hall–Kier alpha value is -3.07. The first kappa shape index (κ1) is 29.5. The molecule has 0 bridgehead atoms. The van der Waals surface area contributed by atoms with E-state index in [1.165, 1.54) is 6.08 Å². The van der Waals surface area contributed by atoms with Gasteiger partial charge in [0.05, 0.1) is 22.2 Å². The zero-order chi connectivity index (χ0) is 27.3. The molecule has 3 amide bonds. The molecule has 1 aliphatic heterocycles. The Morgan fingerprint density at radius 2 is 1.84 bits per heavy atom. The van der Waals surface area contributed by atoms with Crippen LogP contribution in [0.4, 0.5) is 10.5 Å². The minimum atomic E-state index is -0.382. The van der Waals surface area contributed by atoms with Gasteiger partial charge in [-0.2, -0.15) is 0 Å². The highest BCUT2D eigenvalue weighted by molar-refractivity contribution is 6.42. The van der Waals surface area contributed by atoms with Crippen molar-refractivity contribution in [3.8, 4) is 0 Å². The zero-order valence-electron chi connectivity index (χ0n) is 21.5. The number of hydrogen-bond donors (Lipinski definition) is 3. The maximum atomic E-state index is 12.4. The van der Waals surface area contributed by atoms with Crippen molar-refractivity contribution in [2.24, 2.45) is 0 Å². The summed E-state index contributed by atoms with van der Waals surface area (Å²) in [4.78, 5) is 38.4. The van der Waals surface area contributed by atoms with Crippen molar-refractivity contribution in [3.63, 3.8) is 0 Å². The van der Waals surface area contributed by atoms with Crippen LogP contribution < -0.4 is 16.0 Å². The smallest absolute Gasteiger partial charge is 0.338 e. The summed E-state index contributed by atoms with van der Waals surface area (Å²) in [6, 6.07) is 11.7. The number of benzene rings is 2. The van der Waals surface area contributed by atoms with E-state index in [9.17, 15) is 14.4 Å². The number of halogens is 2. The average molecular weight is 562 g/mol. The minimum Gasteiger partial charge on any atom is -0.462 e. The number of nitrogens with one attached hydrogen (secondary N) is 3. The molecular formula is C28H34Cl2N4O4. The molecule has 0 saturated carbocycles. The molecule has 1 aliphatic rings. The number of carbonyl (C=O) groups is 3. The first-order valence-corrected chi connectivity index (χ1v) is 13.6. The normalized spacial score (nSPS) is 15.4. The van der Waals surface area contributed by atoms with Gasteiger partial charge in [-0.05, 0) is 80.8 Å². The predicted molar refractivity (Wildman–Crippen MR) is 152 cm³/mol. The second-order valence-electron chi connectivity index (χ2n) is 9.04. The van der Waals surface area contributed by atoms with E-state index in [0.29, 0.717) is 34.4 Å². The van der Waals surface area contributed by atoms with Gasteiger partial charge < -0.3 is 25.6 Å². The van der Waals surface area contributed by atoms with E-state index in [1.807, 2.05) is 0 Å². The van der Waals surface area contributed by atoms with E-state index in [0.717, 1.165) is 50.9 Å². The van der Waals surface area contributed by atoms with Crippen molar-refractivity contribution < 1.29 is 19.1 Å². The fourth-order valence-corrected chi connectivity index (χ4v) is 4.41. The number of likely N-dealkylation sites (tertiary alicyclic amines) is 1. The SMILES string of the molecule is CCOC(=O)c1ccc(NC(=O)NC2CCN(CCCCCNC(=O)/C=C/c3ccc(Cl)c(Cl)c3)C2)cc1. The molecule has 0 aliphatic carbocycles. The van der Waals surface area contributed by atoms with Crippen LogP contribution in [0.25, 0.3) is 6.08 Å². The summed E-state index contributed by atoms with van der Waals surface area (Å²) < 4.78 is 4.96. The fourth-order valence-electron chi connectivity index (χ4n) is 4.11. The highest BCUT2D eigenvalue weighted by atomic mass is 35.5. The third-order valence-corrected chi connectivity index (χ3v) is 6.82. The van der Waals surface area contributed by atoms with E-state index in [4.69, 9.17) is 27.9 Å². The van der Waals surface area contributed by atoms with Gasteiger partial charge in [0, 0.05) is 37.4 Å². The fraction of sp³-hybridized carbons (Fsp3) is 0.393. The van der Waals surface area contributed by atoms with Crippen LogP contribution >= 0.6 is 23.2 Å². The molecule has 1 atom stereocenters. The molecule has 1 saturated heterocycles. The monoisotopic (exact) mass is 560 g/mol. The Morgan fingerprint density at radius 3 is 2.58 bits per heavy atom. The maximum absolute atomic E-state index is 12.4. The maximum Gasteiger partial charge on any atom is 0.338 e. The van der Waals surface area contributed by atoms with Gasteiger partial charge in [0.15, 0.2) is 0 Å². The van der Waals surface area contributed by atoms with Crippen LogP contribution in [0.5, 0.6) is 0 Å².